The summed E-state index contributed by atoms with van der Waals surface area (Å²) in [5.74, 6) is 2.56. The predicted octanol–water partition coefficient (Wildman–Crippen LogP) is 3.36. The Labute approximate surface area is 158 Å². The van der Waals surface area contributed by atoms with Gasteiger partial charge in [-0.25, -0.2) is 0 Å². The van der Waals surface area contributed by atoms with Crippen molar-refractivity contribution in [3.05, 3.63) is 0 Å². The lowest BCUT2D eigenvalue weighted by Crippen LogP contribution is -2.43. The van der Waals surface area contributed by atoms with Crippen molar-refractivity contribution in [3.63, 3.8) is 0 Å². The molecule has 0 amide bonds. The highest BCUT2D eigenvalue weighted by atomic mass is 127. The van der Waals surface area contributed by atoms with Gasteiger partial charge in [0, 0.05) is 37.9 Å². The maximum Gasteiger partial charge on any atom is 0.191 e. The average Bonchev–Trinajstić information content (AvgIpc) is 2.44. The molecule has 22 heavy (non-hydrogen) atoms. The standard InChI is InChI=1S/C16H33N3OS.HI/c1-6-17-15(18-9-11-21-5)19-12-13-8-7-10-20-14(13)16(2,3)4;/h13-14H,6-12H2,1-5H3,(H2,17,18,19);1H. The number of halogens is 1. The molecule has 2 unspecified atom stereocenters. The molecule has 1 aliphatic rings. The first-order chi connectivity index (χ1) is 9.99. The molecule has 6 heteroatoms. The van der Waals surface area contributed by atoms with Crippen LogP contribution in [-0.2, 0) is 4.74 Å². The van der Waals surface area contributed by atoms with E-state index >= 15 is 0 Å². The molecule has 0 bridgehead atoms. The summed E-state index contributed by atoms with van der Waals surface area (Å²) in [6.07, 6.45) is 4.81. The van der Waals surface area contributed by atoms with Crippen molar-refractivity contribution in [1.29, 1.82) is 0 Å². The zero-order valence-electron chi connectivity index (χ0n) is 14.8. The Hall–Kier alpha value is 0.310. The fourth-order valence-electron chi connectivity index (χ4n) is 2.81. The fourth-order valence-corrected chi connectivity index (χ4v) is 3.12. The number of thioether (sulfide) groups is 1. The molecule has 1 heterocycles. The molecule has 0 spiro atoms. The highest BCUT2D eigenvalue weighted by Gasteiger charge is 2.35. The Morgan fingerprint density at radius 2 is 2.05 bits per heavy atom. The Morgan fingerprint density at radius 1 is 1.32 bits per heavy atom. The van der Waals surface area contributed by atoms with Crippen molar-refractivity contribution in [2.24, 2.45) is 16.3 Å². The Morgan fingerprint density at radius 3 is 2.64 bits per heavy atom. The molecule has 0 radical (unpaired) electrons. The lowest BCUT2D eigenvalue weighted by atomic mass is 9.78. The van der Waals surface area contributed by atoms with Crippen LogP contribution in [0.15, 0.2) is 4.99 Å². The molecule has 132 valence electrons. The molecular formula is C16H34IN3OS. The number of guanidine groups is 1. The lowest BCUT2D eigenvalue weighted by Gasteiger charge is -2.39. The van der Waals surface area contributed by atoms with Crippen LogP contribution in [0.5, 0.6) is 0 Å². The van der Waals surface area contributed by atoms with Gasteiger partial charge in [0.25, 0.3) is 0 Å². The number of aliphatic imine (C=N–C) groups is 1. The van der Waals surface area contributed by atoms with E-state index in [0.29, 0.717) is 12.0 Å². The van der Waals surface area contributed by atoms with E-state index in [0.717, 1.165) is 44.4 Å². The van der Waals surface area contributed by atoms with Gasteiger partial charge in [0.15, 0.2) is 5.96 Å². The van der Waals surface area contributed by atoms with E-state index in [-0.39, 0.29) is 29.4 Å². The van der Waals surface area contributed by atoms with E-state index in [1.807, 2.05) is 11.8 Å². The van der Waals surface area contributed by atoms with Crippen LogP contribution in [-0.4, -0.2) is 50.3 Å². The lowest BCUT2D eigenvalue weighted by molar-refractivity contribution is -0.0823. The van der Waals surface area contributed by atoms with Crippen molar-refractivity contribution in [2.75, 3.05) is 38.2 Å². The van der Waals surface area contributed by atoms with Gasteiger partial charge in [-0.05, 0) is 31.4 Å². The summed E-state index contributed by atoms with van der Waals surface area (Å²) in [5, 5.41) is 6.72. The van der Waals surface area contributed by atoms with E-state index in [4.69, 9.17) is 9.73 Å². The second-order valence-electron chi connectivity index (χ2n) is 6.70. The van der Waals surface area contributed by atoms with Gasteiger partial charge in [0.2, 0.25) is 0 Å². The quantitative estimate of drug-likeness (QED) is 0.286. The Balaban J connectivity index is 0.00000441. The first-order valence-corrected chi connectivity index (χ1v) is 9.51. The molecule has 1 rings (SSSR count). The third kappa shape index (κ3) is 8.24. The van der Waals surface area contributed by atoms with Crippen LogP contribution in [0.2, 0.25) is 0 Å². The summed E-state index contributed by atoms with van der Waals surface area (Å²) in [5.41, 5.74) is 0.186. The van der Waals surface area contributed by atoms with E-state index in [1.165, 1.54) is 6.42 Å². The zero-order valence-corrected chi connectivity index (χ0v) is 17.9. The van der Waals surface area contributed by atoms with Crippen LogP contribution in [0, 0.1) is 11.3 Å². The summed E-state index contributed by atoms with van der Waals surface area (Å²) in [6, 6.07) is 0. The Kier molecular flexibility index (Phi) is 12.0. The Bertz CT molecular complexity index is 321. The largest absolute Gasteiger partial charge is 0.377 e. The van der Waals surface area contributed by atoms with Gasteiger partial charge in [-0.1, -0.05) is 20.8 Å². The summed E-state index contributed by atoms with van der Waals surface area (Å²) < 4.78 is 6.03. The number of rotatable bonds is 6. The van der Waals surface area contributed by atoms with Crippen molar-refractivity contribution in [3.8, 4) is 0 Å². The van der Waals surface area contributed by atoms with Gasteiger partial charge in [-0.3, -0.25) is 4.99 Å². The second kappa shape index (κ2) is 11.8. The van der Waals surface area contributed by atoms with Crippen molar-refractivity contribution >= 4 is 41.7 Å². The van der Waals surface area contributed by atoms with Crippen LogP contribution in [0.25, 0.3) is 0 Å². The molecule has 4 nitrogen and oxygen atoms in total. The van der Waals surface area contributed by atoms with Crippen LogP contribution < -0.4 is 10.6 Å². The van der Waals surface area contributed by atoms with Crippen LogP contribution >= 0.6 is 35.7 Å². The monoisotopic (exact) mass is 443 g/mol. The average molecular weight is 443 g/mol. The third-order valence-corrected chi connectivity index (χ3v) is 4.34. The topological polar surface area (TPSA) is 45.7 Å². The summed E-state index contributed by atoms with van der Waals surface area (Å²) >= 11 is 1.85. The first kappa shape index (κ1) is 22.3. The minimum atomic E-state index is 0. The van der Waals surface area contributed by atoms with Crippen molar-refractivity contribution in [1.82, 2.24) is 10.6 Å². The molecule has 0 aromatic heterocycles. The molecule has 0 saturated carbocycles. The molecule has 1 fully saturated rings. The minimum absolute atomic E-state index is 0. The maximum absolute atomic E-state index is 6.03. The van der Waals surface area contributed by atoms with Gasteiger partial charge in [-0.2, -0.15) is 11.8 Å². The molecular weight excluding hydrogens is 409 g/mol. The maximum atomic E-state index is 6.03. The SMILES string of the molecule is CCNC(=NCC1CCCOC1C(C)(C)C)NCCSC.I. The molecule has 0 aromatic rings. The number of hydrogen-bond donors (Lipinski definition) is 2. The number of ether oxygens (including phenoxy) is 1. The van der Waals surface area contributed by atoms with Gasteiger partial charge >= 0.3 is 0 Å². The molecule has 2 atom stereocenters. The summed E-state index contributed by atoms with van der Waals surface area (Å²) in [4.78, 5) is 4.78. The summed E-state index contributed by atoms with van der Waals surface area (Å²) in [6.45, 7) is 12.5. The molecule has 1 aliphatic heterocycles. The minimum Gasteiger partial charge on any atom is -0.377 e. The molecule has 0 aromatic carbocycles. The predicted molar refractivity (Wildman–Crippen MR) is 110 cm³/mol. The van der Waals surface area contributed by atoms with Gasteiger partial charge in [0.05, 0.1) is 6.10 Å². The number of nitrogens with one attached hydrogen (secondary N) is 2. The molecule has 0 aliphatic carbocycles. The van der Waals surface area contributed by atoms with Crippen LogP contribution in [0.4, 0.5) is 0 Å². The third-order valence-electron chi connectivity index (χ3n) is 3.73. The molecule has 2 N–H and O–H groups in total. The van der Waals surface area contributed by atoms with E-state index in [1.54, 1.807) is 0 Å². The fraction of sp³-hybridized carbons (Fsp3) is 0.938. The van der Waals surface area contributed by atoms with Gasteiger partial charge in [-0.15, -0.1) is 24.0 Å². The number of hydrogen-bond acceptors (Lipinski definition) is 3. The normalized spacial score (nSPS) is 22.9. The smallest absolute Gasteiger partial charge is 0.191 e. The van der Waals surface area contributed by atoms with Gasteiger partial charge < -0.3 is 15.4 Å². The van der Waals surface area contributed by atoms with Crippen molar-refractivity contribution in [2.45, 2.75) is 46.6 Å². The van der Waals surface area contributed by atoms with Crippen LogP contribution in [0.3, 0.4) is 0 Å². The van der Waals surface area contributed by atoms with Crippen LogP contribution in [0.1, 0.15) is 40.5 Å². The molecule has 1 saturated heterocycles. The van der Waals surface area contributed by atoms with Gasteiger partial charge in [0.1, 0.15) is 0 Å². The highest BCUT2D eigenvalue weighted by molar-refractivity contribution is 14.0. The zero-order chi connectivity index (χ0) is 15.7. The highest BCUT2D eigenvalue weighted by Crippen LogP contribution is 2.34. The summed E-state index contributed by atoms with van der Waals surface area (Å²) in [7, 11) is 0. The second-order valence-corrected chi connectivity index (χ2v) is 7.68. The number of nitrogens with zero attached hydrogens (tertiary/aromatic N) is 1. The van der Waals surface area contributed by atoms with E-state index in [9.17, 15) is 0 Å². The first-order valence-electron chi connectivity index (χ1n) is 8.11. The van der Waals surface area contributed by atoms with Crippen molar-refractivity contribution < 1.29 is 4.74 Å². The van der Waals surface area contributed by atoms with E-state index < -0.39 is 0 Å². The van der Waals surface area contributed by atoms with E-state index in [2.05, 4.69) is 44.6 Å².